The number of halogens is 1. The van der Waals surface area contributed by atoms with Crippen molar-refractivity contribution < 1.29 is 0 Å². The van der Waals surface area contributed by atoms with Gasteiger partial charge in [-0.05, 0) is 46.3 Å². The maximum absolute atomic E-state index is 13.0. The van der Waals surface area contributed by atoms with E-state index in [1.165, 1.54) is 12.1 Å². The van der Waals surface area contributed by atoms with Crippen molar-refractivity contribution in [1.82, 2.24) is 4.57 Å². The summed E-state index contributed by atoms with van der Waals surface area (Å²) in [6.45, 7) is 5.29. The van der Waals surface area contributed by atoms with Crippen LogP contribution < -0.4 is 5.56 Å². The lowest BCUT2D eigenvalue weighted by molar-refractivity contribution is 0.304. The Balaban J connectivity index is 2.19. The second-order valence-corrected chi connectivity index (χ2v) is 7.04. The van der Waals surface area contributed by atoms with Gasteiger partial charge >= 0.3 is 0 Å². The smallest absolute Gasteiger partial charge is 0.258 e. The standard InChI is InChI=1S/C19H22BrNO/c1-3-13-10-14(4-2)18-17(20)11-16(19(22)21(18)12-13)15-8-6-5-7-9-15/h5-9,11,13-14H,3-4,10,12H2,1-2H3. The van der Waals surface area contributed by atoms with Gasteiger partial charge in [0.25, 0.3) is 5.56 Å². The first-order valence-corrected chi connectivity index (χ1v) is 8.93. The number of nitrogens with zero attached hydrogens (tertiary/aromatic N) is 1. The summed E-state index contributed by atoms with van der Waals surface area (Å²) in [6, 6.07) is 12.0. The summed E-state index contributed by atoms with van der Waals surface area (Å²) in [4.78, 5) is 13.0. The number of hydrogen-bond donors (Lipinski definition) is 0. The Labute approximate surface area is 140 Å². The lowest BCUT2D eigenvalue weighted by Gasteiger charge is -2.33. The molecule has 0 fully saturated rings. The lowest BCUT2D eigenvalue weighted by Crippen LogP contribution is -2.34. The first-order chi connectivity index (χ1) is 10.7. The van der Waals surface area contributed by atoms with Crippen molar-refractivity contribution >= 4 is 15.9 Å². The molecule has 1 aliphatic rings. The SMILES string of the molecule is CCC1CC(CC)c2c(Br)cc(-c3ccccc3)c(=O)n2C1. The van der Waals surface area contributed by atoms with Crippen LogP contribution in [-0.2, 0) is 6.54 Å². The molecule has 116 valence electrons. The summed E-state index contributed by atoms with van der Waals surface area (Å²) in [5.41, 5.74) is 3.14. The molecular formula is C19H22BrNO. The van der Waals surface area contributed by atoms with E-state index in [-0.39, 0.29) is 5.56 Å². The fourth-order valence-corrected chi connectivity index (χ4v) is 4.34. The predicted octanol–water partition coefficient (Wildman–Crippen LogP) is 5.20. The van der Waals surface area contributed by atoms with Crippen LogP contribution in [0.4, 0.5) is 0 Å². The Bertz CT molecular complexity index is 720. The number of benzene rings is 1. The Kier molecular flexibility index (Phi) is 4.53. The van der Waals surface area contributed by atoms with E-state index in [2.05, 4.69) is 29.8 Å². The molecule has 0 radical (unpaired) electrons. The van der Waals surface area contributed by atoms with Crippen LogP contribution in [0.3, 0.4) is 0 Å². The molecule has 2 heterocycles. The van der Waals surface area contributed by atoms with Crippen LogP contribution in [0.2, 0.25) is 0 Å². The van der Waals surface area contributed by atoms with Gasteiger partial charge in [0.2, 0.25) is 0 Å². The van der Waals surface area contributed by atoms with Gasteiger partial charge in [0.15, 0.2) is 0 Å². The first kappa shape index (κ1) is 15.5. The average Bonchev–Trinajstić information content (AvgIpc) is 2.57. The quantitative estimate of drug-likeness (QED) is 0.737. The second kappa shape index (κ2) is 6.41. The Hall–Kier alpha value is -1.35. The number of pyridine rings is 1. The minimum absolute atomic E-state index is 0.154. The highest BCUT2D eigenvalue weighted by atomic mass is 79.9. The van der Waals surface area contributed by atoms with Gasteiger partial charge in [0, 0.05) is 28.2 Å². The second-order valence-electron chi connectivity index (χ2n) is 6.19. The highest BCUT2D eigenvalue weighted by molar-refractivity contribution is 9.10. The summed E-state index contributed by atoms with van der Waals surface area (Å²) in [7, 11) is 0. The van der Waals surface area contributed by atoms with Crippen molar-refractivity contribution in [3.8, 4) is 11.1 Å². The van der Waals surface area contributed by atoms with Crippen LogP contribution in [-0.4, -0.2) is 4.57 Å². The summed E-state index contributed by atoms with van der Waals surface area (Å²) in [5.74, 6) is 1.08. The molecule has 1 aromatic heterocycles. The van der Waals surface area contributed by atoms with Crippen molar-refractivity contribution in [1.29, 1.82) is 0 Å². The highest BCUT2D eigenvalue weighted by Gasteiger charge is 2.28. The van der Waals surface area contributed by atoms with Gasteiger partial charge in [-0.2, -0.15) is 0 Å². The van der Waals surface area contributed by atoms with E-state index in [0.29, 0.717) is 11.8 Å². The van der Waals surface area contributed by atoms with E-state index in [0.717, 1.165) is 35.0 Å². The molecule has 0 saturated carbocycles. The number of rotatable bonds is 3. The predicted molar refractivity (Wildman–Crippen MR) is 95.3 cm³/mol. The summed E-state index contributed by atoms with van der Waals surface area (Å²) >= 11 is 3.73. The molecule has 1 aromatic carbocycles. The van der Waals surface area contributed by atoms with Crippen LogP contribution in [0, 0.1) is 5.92 Å². The number of aromatic nitrogens is 1. The van der Waals surface area contributed by atoms with Crippen molar-refractivity contribution in [2.75, 3.05) is 0 Å². The van der Waals surface area contributed by atoms with E-state index in [1.54, 1.807) is 0 Å². The molecule has 0 aliphatic carbocycles. The average molecular weight is 360 g/mol. The molecule has 2 atom stereocenters. The van der Waals surface area contributed by atoms with Crippen LogP contribution in [0.15, 0.2) is 45.7 Å². The number of hydrogen-bond acceptors (Lipinski definition) is 1. The third-order valence-electron chi connectivity index (χ3n) is 4.88. The van der Waals surface area contributed by atoms with Gasteiger partial charge < -0.3 is 4.57 Å². The van der Waals surface area contributed by atoms with E-state index < -0.39 is 0 Å². The zero-order valence-electron chi connectivity index (χ0n) is 13.2. The van der Waals surface area contributed by atoms with E-state index in [1.807, 2.05) is 41.0 Å². The third-order valence-corrected chi connectivity index (χ3v) is 5.52. The molecule has 2 unspecified atom stereocenters. The first-order valence-electron chi connectivity index (χ1n) is 8.14. The monoisotopic (exact) mass is 359 g/mol. The fraction of sp³-hybridized carbons (Fsp3) is 0.421. The minimum Gasteiger partial charge on any atom is -0.310 e. The molecule has 0 spiro atoms. The van der Waals surface area contributed by atoms with Crippen LogP contribution in [0.5, 0.6) is 0 Å². The van der Waals surface area contributed by atoms with Crippen LogP contribution in [0.25, 0.3) is 11.1 Å². The van der Waals surface area contributed by atoms with E-state index >= 15 is 0 Å². The summed E-state index contributed by atoms with van der Waals surface area (Å²) in [6.07, 6.45) is 3.41. The molecule has 3 heteroatoms. The maximum atomic E-state index is 13.0. The molecule has 2 nitrogen and oxygen atoms in total. The largest absolute Gasteiger partial charge is 0.310 e. The molecular weight excluding hydrogens is 338 g/mol. The molecule has 0 saturated heterocycles. The van der Waals surface area contributed by atoms with Crippen molar-refractivity contribution in [3.05, 3.63) is 56.9 Å². The van der Waals surface area contributed by atoms with Crippen LogP contribution in [0.1, 0.15) is 44.7 Å². The number of fused-ring (bicyclic) bond motifs is 1. The van der Waals surface area contributed by atoms with E-state index in [4.69, 9.17) is 0 Å². The minimum atomic E-state index is 0.154. The normalized spacial score (nSPS) is 20.7. The Morgan fingerprint density at radius 3 is 2.55 bits per heavy atom. The van der Waals surface area contributed by atoms with Crippen molar-refractivity contribution in [3.63, 3.8) is 0 Å². The van der Waals surface area contributed by atoms with Gasteiger partial charge in [-0.25, -0.2) is 0 Å². The fourth-order valence-electron chi connectivity index (χ4n) is 3.57. The van der Waals surface area contributed by atoms with Crippen molar-refractivity contribution in [2.45, 2.75) is 45.6 Å². The zero-order valence-corrected chi connectivity index (χ0v) is 14.8. The molecule has 2 aromatic rings. The maximum Gasteiger partial charge on any atom is 0.258 e. The van der Waals surface area contributed by atoms with Crippen molar-refractivity contribution in [2.24, 2.45) is 5.92 Å². The van der Waals surface area contributed by atoms with E-state index in [9.17, 15) is 4.79 Å². The molecule has 22 heavy (non-hydrogen) atoms. The lowest BCUT2D eigenvalue weighted by atomic mass is 9.84. The highest BCUT2D eigenvalue weighted by Crippen LogP contribution is 2.38. The Morgan fingerprint density at radius 1 is 1.18 bits per heavy atom. The molecule has 0 bridgehead atoms. The summed E-state index contributed by atoms with van der Waals surface area (Å²) in [5, 5.41) is 0. The van der Waals surface area contributed by atoms with Gasteiger partial charge in [0.05, 0.1) is 0 Å². The Morgan fingerprint density at radius 2 is 1.91 bits per heavy atom. The zero-order chi connectivity index (χ0) is 15.7. The molecule has 1 aliphatic heterocycles. The molecule has 3 rings (SSSR count). The molecule has 0 amide bonds. The van der Waals surface area contributed by atoms with Gasteiger partial charge in [-0.1, -0.05) is 50.6 Å². The molecule has 0 N–H and O–H groups in total. The summed E-state index contributed by atoms with van der Waals surface area (Å²) < 4.78 is 3.10. The van der Waals surface area contributed by atoms with Crippen LogP contribution >= 0.6 is 15.9 Å². The van der Waals surface area contributed by atoms with Gasteiger partial charge in [0.1, 0.15) is 0 Å². The van der Waals surface area contributed by atoms with Gasteiger partial charge in [-0.15, -0.1) is 0 Å². The van der Waals surface area contributed by atoms with Gasteiger partial charge in [-0.3, -0.25) is 4.79 Å². The third kappa shape index (κ3) is 2.67. The topological polar surface area (TPSA) is 22.0 Å².